The molecule has 8 heteroatoms. The van der Waals surface area contributed by atoms with Crippen LogP contribution in [0.1, 0.15) is 23.8 Å². The minimum absolute atomic E-state index is 0.00917. The van der Waals surface area contributed by atoms with Crippen molar-refractivity contribution in [1.82, 2.24) is 14.5 Å². The first kappa shape index (κ1) is 19.0. The van der Waals surface area contributed by atoms with Gasteiger partial charge in [-0.05, 0) is 42.8 Å². The maximum absolute atomic E-state index is 12.8. The van der Waals surface area contributed by atoms with Crippen molar-refractivity contribution >= 4 is 29.1 Å². The van der Waals surface area contributed by atoms with Gasteiger partial charge >= 0.3 is 0 Å². The quantitative estimate of drug-likeness (QED) is 0.380. The van der Waals surface area contributed by atoms with Crippen LogP contribution in [0.25, 0.3) is 5.76 Å². The van der Waals surface area contributed by atoms with Gasteiger partial charge in [0, 0.05) is 36.1 Å². The normalized spacial score (nSPS) is 18.5. The van der Waals surface area contributed by atoms with Crippen LogP contribution in [0.3, 0.4) is 0 Å². The zero-order valence-electron chi connectivity index (χ0n) is 15.4. The highest BCUT2D eigenvalue weighted by Gasteiger charge is 2.47. The fourth-order valence-corrected chi connectivity index (χ4v) is 3.59. The summed E-state index contributed by atoms with van der Waals surface area (Å²) >= 11 is 5.91. The van der Waals surface area contributed by atoms with Crippen LogP contribution in [0.5, 0.6) is 0 Å². The standard InChI is InChI=1S/C21H18ClN3O4/c22-15-6-4-14(5-7-15)19(26)17-18(16-3-1-12-29-16)25(21(28)20(17)27)10-2-9-24-11-8-23-13-24/h1,3-8,11-13,18,26H,2,9-10H2/b19-17+/t18-/m1/s1. The highest BCUT2D eigenvalue weighted by molar-refractivity contribution is 6.46. The van der Waals surface area contributed by atoms with E-state index in [1.165, 1.54) is 11.2 Å². The molecule has 1 aromatic carbocycles. The van der Waals surface area contributed by atoms with Gasteiger partial charge in [0.25, 0.3) is 11.7 Å². The van der Waals surface area contributed by atoms with Gasteiger partial charge in [0.2, 0.25) is 0 Å². The molecule has 0 aliphatic carbocycles. The van der Waals surface area contributed by atoms with Crippen LogP contribution in [-0.4, -0.2) is 37.8 Å². The van der Waals surface area contributed by atoms with E-state index in [4.69, 9.17) is 16.0 Å². The highest BCUT2D eigenvalue weighted by Crippen LogP contribution is 2.39. The van der Waals surface area contributed by atoms with E-state index >= 15 is 0 Å². The van der Waals surface area contributed by atoms with Crippen LogP contribution >= 0.6 is 11.6 Å². The molecule has 1 atom stereocenters. The van der Waals surface area contributed by atoms with Gasteiger partial charge in [0.05, 0.1) is 18.2 Å². The second-order valence-corrected chi connectivity index (χ2v) is 7.11. The Morgan fingerprint density at radius 1 is 1.17 bits per heavy atom. The summed E-state index contributed by atoms with van der Waals surface area (Å²) in [7, 11) is 0. The van der Waals surface area contributed by atoms with E-state index in [1.54, 1.807) is 48.9 Å². The zero-order valence-corrected chi connectivity index (χ0v) is 16.1. The number of hydrogen-bond acceptors (Lipinski definition) is 5. The number of imidazole rings is 1. The van der Waals surface area contributed by atoms with E-state index in [0.717, 1.165) is 0 Å². The van der Waals surface area contributed by atoms with Crippen molar-refractivity contribution in [2.24, 2.45) is 0 Å². The minimum atomic E-state index is -0.788. The summed E-state index contributed by atoms with van der Waals surface area (Å²) in [4.78, 5) is 31.0. The Morgan fingerprint density at radius 2 is 1.97 bits per heavy atom. The Labute approximate surface area is 171 Å². The Bertz CT molecular complexity index is 1040. The minimum Gasteiger partial charge on any atom is -0.507 e. The molecule has 1 fully saturated rings. The number of carbonyl (C=O) groups excluding carboxylic acids is 2. The number of likely N-dealkylation sites (tertiary alicyclic amines) is 1. The molecule has 3 heterocycles. The van der Waals surface area contributed by atoms with Crippen LogP contribution in [0, 0.1) is 0 Å². The summed E-state index contributed by atoms with van der Waals surface area (Å²) in [5.41, 5.74) is 0.414. The molecule has 4 rings (SSSR count). The lowest BCUT2D eigenvalue weighted by atomic mass is 9.99. The van der Waals surface area contributed by atoms with Crippen molar-refractivity contribution < 1.29 is 19.1 Å². The number of Topliss-reactive ketones (excluding diaryl/α,β-unsaturated/α-hetero) is 1. The zero-order chi connectivity index (χ0) is 20.4. The van der Waals surface area contributed by atoms with Crippen molar-refractivity contribution in [1.29, 1.82) is 0 Å². The average Bonchev–Trinajstić information content (AvgIpc) is 3.46. The monoisotopic (exact) mass is 411 g/mol. The second-order valence-electron chi connectivity index (χ2n) is 6.67. The maximum Gasteiger partial charge on any atom is 0.295 e. The third kappa shape index (κ3) is 3.69. The van der Waals surface area contributed by atoms with Crippen LogP contribution in [0.15, 0.2) is 71.4 Å². The molecule has 2 aromatic heterocycles. The Kier molecular flexibility index (Phi) is 5.22. The fraction of sp³-hybridized carbons (Fsp3) is 0.190. The first-order chi connectivity index (χ1) is 14.1. The van der Waals surface area contributed by atoms with Crippen molar-refractivity contribution in [3.05, 3.63) is 83.3 Å². The van der Waals surface area contributed by atoms with E-state index < -0.39 is 17.7 Å². The topological polar surface area (TPSA) is 88.6 Å². The molecule has 0 spiro atoms. The number of furan rings is 1. The van der Waals surface area contributed by atoms with Gasteiger partial charge in [0.1, 0.15) is 17.6 Å². The molecule has 0 saturated carbocycles. The molecule has 0 unspecified atom stereocenters. The molecule has 29 heavy (non-hydrogen) atoms. The third-order valence-electron chi connectivity index (χ3n) is 4.84. The molecular formula is C21H18ClN3O4. The number of rotatable bonds is 6. The van der Waals surface area contributed by atoms with Gasteiger partial charge in [-0.3, -0.25) is 9.59 Å². The molecular weight excluding hydrogens is 394 g/mol. The number of aryl methyl sites for hydroxylation is 1. The molecule has 7 nitrogen and oxygen atoms in total. The fourth-order valence-electron chi connectivity index (χ4n) is 3.46. The van der Waals surface area contributed by atoms with Crippen molar-refractivity contribution in [2.45, 2.75) is 19.0 Å². The van der Waals surface area contributed by atoms with Gasteiger partial charge in [0.15, 0.2) is 0 Å². The number of amides is 1. The summed E-state index contributed by atoms with van der Waals surface area (Å²) in [5, 5.41) is 11.3. The predicted molar refractivity (Wildman–Crippen MR) is 106 cm³/mol. The third-order valence-corrected chi connectivity index (χ3v) is 5.10. The first-order valence-electron chi connectivity index (χ1n) is 9.10. The summed E-state index contributed by atoms with van der Waals surface area (Å²) in [6.45, 7) is 0.969. The van der Waals surface area contributed by atoms with E-state index in [1.807, 2.05) is 10.8 Å². The summed E-state index contributed by atoms with van der Waals surface area (Å²) in [6.07, 6.45) is 7.29. The smallest absolute Gasteiger partial charge is 0.295 e. The van der Waals surface area contributed by atoms with Crippen LogP contribution in [0.4, 0.5) is 0 Å². The lowest BCUT2D eigenvalue weighted by Gasteiger charge is -2.23. The van der Waals surface area contributed by atoms with E-state index in [2.05, 4.69) is 4.98 Å². The summed E-state index contributed by atoms with van der Waals surface area (Å²) < 4.78 is 7.40. The number of ketones is 1. The van der Waals surface area contributed by atoms with Gasteiger partial charge in [-0.15, -0.1) is 0 Å². The van der Waals surface area contributed by atoms with E-state index in [-0.39, 0.29) is 11.3 Å². The number of aliphatic hydroxyl groups is 1. The number of aliphatic hydroxyl groups excluding tert-OH is 1. The van der Waals surface area contributed by atoms with E-state index in [9.17, 15) is 14.7 Å². The SMILES string of the molecule is O=C1C(=O)N(CCCn2ccnc2)[C@H](c2ccco2)/C1=C(\O)c1ccc(Cl)cc1. The lowest BCUT2D eigenvalue weighted by molar-refractivity contribution is -0.140. The molecule has 1 aliphatic heterocycles. The van der Waals surface area contributed by atoms with Crippen molar-refractivity contribution in [3.63, 3.8) is 0 Å². The van der Waals surface area contributed by atoms with Gasteiger partial charge in [-0.2, -0.15) is 0 Å². The predicted octanol–water partition coefficient (Wildman–Crippen LogP) is 3.64. The molecule has 3 aromatic rings. The summed E-state index contributed by atoms with van der Waals surface area (Å²) in [5.74, 6) is -1.23. The number of halogens is 1. The highest BCUT2D eigenvalue weighted by atomic mass is 35.5. The van der Waals surface area contributed by atoms with Crippen LogP contribution in [-0.2, 0) is 16.1 Å². The van der Waals surface area contributed by atoms with Gasteiger partial charge < -0.3 is 19.0 Å². The van der Waals surface area contributed by atoms with Crippen LogP contribution < -0.4 is 0 Å². The maximum atomic E-state index is 12.8. The molecule has 148 valence electrons. The first-order valence-corrected chi connectivity index (χ1v) is 9.47. The number of aromatic nitrogens is 2. The Balaban J connectivity index is 1.68. The Morgan fingerprint density at radius 3 is 2.62 bits per heavy atom. The number of hydrogen-bond donors (Lipinski definition) is 1. The second kappa shape index (κ2) is 7.97. The van der Waals surface area contributed by atoms with Crippen molar-refractivity contribution in [2.75, 3.05) is 6.54 Å². The van der Waals surface area contributed by atoms with Crippen molar-refractivity contribution in [3.8, 4) is 0 Å². The van der Waals surface area contributed by atoms with Gasteiger partial charge in [-0.25, -0.2) is 4.98 Å². The molecule has 1 amide bonds. The Hall–Kier alpha value is -3.32. The number of benzene rings is 1. The largest absolute Gasteiger partial charge is 0.507 e. The average molecular weight is 412 g/mol. The lowest BCUT2D eigenvalue weighted by Crippen LogP contribution is -2.31. The molecule has 0 bridgehead atoms. The number of carbonyl (C=O) groups is 2. The summed E-state index contributed by atoms with van der Waals surface area (Å²) in [6, 6.07) is 9.01. The van der Waals surface area contributed by atoms with Gasteiger partial charge in [-0.1, -0.05) is 11.6 Å². The number of nitrogens with zero attached hydrogens (tertiary/aromatic N) is 3. The van der Waals surface area contributed by atoms with E-state index in [0.29, 0.717) is 35.9 Å². The molecule has 1 saturated heterocycles. The molecule has 1 N–H and O–H groups in total. The molecule has 1 aliphatic rings. The van der Waals surface area contributed by atoms with Crippen LogP contribution in [0.2, 0.25) is 5.02 Å². The molecule has 0 radical (unpaired) electrons.